The molecule has 0 unspecified atom stereocenters. The average Bonchev–Trinajstić information content (AvgIpc) is 3.47. The number of aromatic nitrogens is 3. The summed E-state index contributed by atoms with van der Waals surface area (Å²) in [7, 11) is 0.412. The lowest BCUT2D eigenvalue weighted by Gasteiger charge is -2.19. The minimum atomic E-state index is -4.58. The molecule has 0 N–H and O–H groups in total. The number of hydrogen-bond donors (Lipinski definition) is 0. The van der Waals surface area contributed by atoms with Gasteiger partial charge in [0.25, 0.3) is 0 Å². The minimum Gasteiger partial charge on any atom is -0.374 e. The van der Waals surface area contributed by atoms with Crippen molar-refractivity contribution in [1.82, 2.24) is 19.4 Å². The van der Waals surface area contributed by atoms with E-state index in [1.165, 1.54) is 37.8 Å². The number of nitrogens with zero attached hydrogens (tertiary/aromatic N) is 5. The van der Waals surface area contributed by atoms with Crippen LogP contribution in [0.25, 0.3) is 17.6 Å². The predicted octanol–water partition coefficient (Wildman–Crippen LogP) is 3.60. The number of halogens is 3. The van der Waals surface area contributed by atoms with E-state index in [1.807, 2.05) is 0 Å². The van der Waals surface area contributed by atoms with Gasteiger partial charge in [0.2, 0.25) is 0 Å². The van der Waals surface area contributed by atoms with Gasteiger partial charge < -0.3 is 9.47 Å². The zero-order chi connectivity index (χ0) is 24.1. The molecule has 0 aliphatic heterocycles. The number of rotatable bonds is 6. The van der Waals surface area contributed by atoms with Gasteiger partial charge in [-0.15, -0.1) is 0 Å². The smallest absolute Gasteiger partial charge is 0.374 e. The van der Waals surface area contributed by atoms with E-state index < -0.39 is 27.1 Å². The van der Waals surface area contributed by atoms with Gasteiger partial charge in [0.15, 0.2) is 15.7 Å². The van der Waals surface area contributed by atoms with Gasteiger partial charge in [-0.1, -0.05) is 6.92 Å². The fraction of sp³-hybridized carbons (Fsp3) is 0.476. The lowest BCUT2D eigenvalue weighted by molar-refractivity contribution is -0.106. The van der Waals surface area contributed by atoms with E-state index in [2.05, 4.69) is 16.0 Å². The molecule has 32 heavy (non-hydrogen) atoms. The maximum Gasteiger partial charge on any atom is 0.431 e. The topological polar surface area (TPSA) is 91.9 Å². The van der Waals surface area contributed by atoms with E-state index in [4.69, 9.17) is 0 Å². The molecule has 0 spiro atoms. The van der Waals surface area contributed by atoms with Crippen molar-refractivity contribution in [2.24, 2.45) is 7.05 Å². The third kappa shape index (κ3) is 4.11. The Morgan fingerprint density at radius 1 is 1.38 bits per heavy atom. The number of hydrogen-bond acceptors (Lipinski definition) is 6. The first kappa shape index (κ1) is 23.8. The van der Waals surface area contributed by atoms with Crippen molar-refractivity contribution in [3.05, 3.63) is 34.9 Å². The van der Waals surface area contributed by atoms with Crippen LogP contribution >= 0.6 is 0 Å². The molecule has 11 heteroatoms. The second-order valence-electron chi connectivity index (χ2n) is 8.05. The molecular formula is C21H24F3N5O2S. The summed E-state index contributed by atoms with van der Waals surface area (Å²) in [6, 6.07) is 3.68. The molecule has 0 saturated heterocycles. The SMILES string of the molecule is CCS(=O)(=O)c1cc(C2(C#N)CC2)cnc1-c1nc(/C=C(\N(C)C)C(F)(F)F)c(C)n1C. The highest BCUT2D eigenvalue weighted by atomic mass is 32.2. The number of sulfone groups is 1. The second-order valence-corrected chi connectivity index (χ2v) is 10.3. The van der Waals surface area contributed by atoms with Crippen molar-refractivity contribution < 1.29 is 21.6 Å². The number of nitriles is 1. The Hall–Kier alpha value is -2.87. The molecule has 3 rings (SSSR count). The summed E-state index contributed by atoms with van der Waals surface area (Å²) in [5.74, 6) is -0.0610. The van der Waals surface area contributed by atoms with Crippen LogP contribution in [-0.4, -0.2) is 53.9 Å². The third-order valence-electron chi connectivity index (χ3n) is 5.76. The summed E-state index contributed by atoms with van der Waals surface area (Å²) in [4.78, 5) is 9.52. The standard InChI is InChI=1S/C21H24F3N5O2S/c1-6-32(30,31)16-9-14(20(12-25)7-8-20)11-26-18(16)19-27-15(13(2)29(19)5)10-17(28(3)4)21(22,23)24/h9-11H,6-8H2,1-5H3/b17-10-. The van der Waals surface area contributed by atoms with Crippen LogP contribution < -0.4 is 0 Å². The maximum atomic E-state index is 13.4. The fourth-order valence-corrected chi connectivity index (χ4v) is 4.46. The average molecular weight is 468 g/mol. The third-order valence-corrected chi connectivity index (χ3v) is 7.50. The minimum absolute atomic E-state index is 0.0491. The van der Waals surface area contributed by atoms with E-state index in [1.54, 1.807) is 14.0 Å². The van der Waals surface area contributed by atoms with Gasteiger partial charge in [-0.25, -0.2) is 13.4 Å². The number of pyridine rings is 1. The maximum absolute atomic E-state index is 13.4. The Bertz CT molecular complexity index is 1230. The monoisotopic (exact) mass is 467 g/mol. The molecule has 2 aromatic heterocycles. The summed E-state index contributed by atoms with van der Waals surface area (Å²) in [6.45, 7) is 3.09. The number of imidazole rings is 1. The van der Waals surface area contributed by atoms with Crippen molar-refractivity contribution in [2.75, 3.05) is 19.8 Å². The molecule has 1 fully saturated rings. The van der Waals surface area contributed by atoms with Crippen molar-refractivity contribution >= 4 is 15.9 Å². The zero-order valence-electron chi connectivity index (χ0n) is 18.4. The molecule has 0 amide bonds. The molecule has 2 heterocycles. The summed E-state index contributed by atoms with van der Waals surface area (Å²) in [5.41, 5.74) is -0.570. The fourth-order valence-electron chi connectivity index (χ4n) is 3.40. The molecule has 0 bridgehead atoms. The Kier molecular flexibility index (Phi) is 5.89. The van der Waals surface area contributed by atoms with Gasteiger partial charge in [-0.3, -0.25) is 4.98 Å². The first-order valence-corrected chi connectivity index (χ1v) is 11.6. The first-order chi connectivity index (χ1) is 14.8. The highest BCUT2D eigenvalue weighted by Gasteiger charge is 2.46. The van der Waals surface area contributed by atoms with Crippen molar-refractivity contribution in [2.45, 2.75) is 43.2 Å². The van der Waals surface area contributed by atoms with E-state index in [0.29, 0.717) is 24.1 Å². The summed E-state index contributed by atoms with van der Waals surface area (Å²) >= 11 is 0. The van der Waals surface area contributed by atoms with Crippen LogP contribution in [0.1, 0.15) is 36.7 Å². The highest BCUT2D eigenvalue weighted by molar-refractivity contribution is 7.91. The molecule has 2 aromatic rings. The van der Waals surface area contributed by atoms with Crippen LogP contribution in [0.3, 0.4) is 0 Å². The van der Waals surface area contributed by atoms with Gasteiger partial charge in [0.1, 0.15) is 11.4 Å². The Labute approximate surface area is 185 Å². The predicted molar refractivity (Wildman–Crippen MR) is 113 cm³/mol. The molecule has 172 valence electrons. The highest BCUT2D eigenvalue weighted by Crippen LogP contribution is 2.48. The van der Waals surface area contributed by atoms with Gasteiger partial charge in [0.05, 0.1) is 27.8 Å². The van der Waals surface area contributed by atoms with Gasteiger partial charge in [-0.2, -0.15) is 18.4 Å². The van der Waals surface area contributed by atoms with E-state index in [9.17, 15) is 26.9 Å². The summed E-state index contributed by atoms with van der Waals surface area (Å²) < 4.78 is 67.5. The lowest BCUT2D eigenvalue weighted by Crippen LogP contribution is -2.25. The number of alkyl halides is 3. The molecule has 1 saturated carbocycles. The molecule has 0 radical (unpaired) electrons. The van der Waals surface area contributed by atoms with Crippen LogP contribution in [0.5, 0.6) is 0 Å². The van der Waals surface area contributed by atoms with Gasteiger partial charge in [0, 0.05) is 33.0 Å². The molecular weight excluding hydrogens is 443 g/mol. The zero-order valence-corrected chi connectivity index (χ0v) is 19.3. The first-order valence-electron chi connectivity index (χ1n) is 9.92. The van der Waals surface area contributed by atoms with E-state index in [-0.39, 0.29) is 27.9 Å². The van der Waals surface area contributed by atoms with Crippen LogP contribution in [0.2, 0.25) is 0 Å². The molecule has 7 nitrogen and oxygen atoms in total. The molecule has 0 atom stereocenters. The molecule has 1 aliphatic rings. The number of allylic oxidation sites excluding steroid dienone is 1. The van der Waals surface area contributed by atoms with Crippen molar-refractivity contribution in [1.29, 1.82) is 5.26 Å². The second kappa shape index (κ2) is 7.92. The van der Waals surface area contributed by atoms with Crippen LogP contribution in [0.15, 0.2) is 22.9 Å². The molecule has 0 aromatic carbocycles. The molecule has 1 aliphatic carbocycles. The largest absolute Gasteiger partial charge is 0.431 e. The van der Waals surface area contributed by atoms with E-state index in [0.717, 1.165) is 11.0 Å². The van der Waals surface area contributed by atoms with Crippen molar-refractivity contribution in [3.8, 4) is 17.6 Å². The van der Waals surface area contributed by atoms with Crippen LogP contribution in [0, 0.1) is 18.3 Å². The van der Waals surface area contributed by atoms with Gasteiger partial charge in [-0.05, 0) is 37.5 Å². The van der Waals surface area contributed by atoms with Crippen LogP contribution in [-0.2, 0) is 22.3 Å². The Morgan fingerprint density at radius 3 is 2.47 bits per heavy atom. The Morgan fingerprint density at radius 2 is 2.00 bits per heavy atom. The summed E-state index contributed by atoms with van der Waals surface area (Å²) in [6.07, 6.45) is -0.953. The Balaban J connectivity index is 2.23. The van der Waals surface area contributed by atoms with Gasteiger partial charge >= 0.3 is 6.18 Å². The quantitative estimate of drug-likeness (QED) is 0.645. The van der Waals surface area contributed by atoms with Crippen LogP contribution in [0.4, 0.5) is 13.2 Å². The van der Waals surface area contributed by atoms with Crippen molar-refractivity contribution in [3.63, 3.8) is 0 Å². The normalized spacial score (nSPS) is 16.0. The summed E-state index contributed by atoms with van der Waals surface area (Å²) in [5, 5.41) is 9.48. The lowest BCUT2D eigenvalue weighted by atomic mass is 9.99. The van der Waals surface area contributed by atoms with E-state index >= 15 is 0 Å².